The monoisotopic (exact) mass is 210 g/mol. The first-order chi connectivity index (χ1) is 7.31. The van der Waals surface area contributed by atoms with E-state index in [9.17, 15) is 5.21 Å². The van der Waals surface area contributed by atoms with Gasteiger partial charge in [-0.2, -0.15) is 0 Å². The Labute approximate surface area is 90.2 Å². The molecular formula is C11H18N2O2. The lowest BCUT2D eigenvalue weighted by atomic mass is 9.84. The molecule has 15 heavy (non-hydrogen) atoms. The van der Waals surface area contributed by atoms with E-state index in [0.717, 1.165) is 10.6 Å². The van der Waals surface area contributed by atoms with Gasteiger partial charge in [0, 0.05) is 19.5 Å². The zero-order chi connectivity index (χ0) is 10.7. The molecule has 4 heteroatoms. The maximum Gasteiger partial charge on any atom is 0.249 e. The van der Waals surface area contributed by atoms with E-state index in [-0.39, 0.29) is 0 Å². The second kappa shape index (κ2) is 4.77. The van der Waals surface area contributed by atoms with E-state index in [1.54, 1.807) is 6.20 Å². The fraction of sp³-hybridized carbons (Fsp3) is 0.727. The molecule has 0 amide bonds. The van der Waals surface area contributed by atoms with Gasteiger partial charge in [0.05, 0.1) is 0 Å². The van der Waals surface area contributed by atoms with Crippen LogP contribution in [-0.4, -0.2) is 29.9 Å². The Balaban J connectivity index is 2.01. The third-order valence-corrected chi connectivity index (χ3v) is 3.15. The summed E-state index contributed by atoms with van der Waals surface area (Å²) in [5, 5.41) is 10.6. The van der Waals surface area contributed by atoms with Gasteiger partial charge < -0.3 is 4.74 Å². The lowest BCUT2D eigenvalue weighted by Gasteiger charge is -2.28. The number of hydrogen-bond acceptors (Lipinski definition) is 4. The second-order valence-corrected chi connectivity index (χ2v) is 4.18. The number of rotatable bonds is 2. The van der Waals surface area contributed by atoms with Gasteiger partial charge in [0.2, 0.25) is 6.35 Å². The van der Waals surface area contributed by atoms with Crippen molar-refractivity contribution in [2.24, 2.45) is 10.9 Å². The van der Waals surface area contributed by atoms with E-state index >= 15 is 0 Å². The van der Waals surface area contributed by atoms with Gasteiger partial charge in [-0.25, -0.2) is 10.1 Å². The van der Waals surface area contributed by atoms with Crippen LogP contribution in [0.2, 0.25) is 0 Å². The number of allylic oxidation sites excluding steroid dienone is 1. The minimum atomic E-state index is -0.572. The number of methoxy groups -OCH3 is 1. The Bertz CT molecular complexity index is 270. The summed E-state index contributed by atoms with van der Waals surface area (Å²) in [6.45, 7) is 0. The molecule has 84 valence electrons. The predicted octanol–water partition coefficient (Wildman–Crippen LogP) is 2.16. The Morgan fingerprint density at radius 3 is 2.73 bits per heavy atom. The first kappa shape index (κ1) is 10.6. The minimum absolute atomic E-state index is 0.565. The topological polar surface area (TPSA) is 45.1 Å². The van der Waals surface area contributed by atoms with Crippen LogP contribution in [0.3, 0.4) is 0 Å². The quantitative estimate of drug-likeness (QED) is 0.759. The molecule has 0 saturated heterocycles. The molecule has 0 spiro atoms. The summed E-state index contributed by atoms with van der Waals surface area (Å²) < 4.78 is 4.97. The van der Waals surface area contributed by atoms with Gasteiger partial charge in [0.1, 0.15) is 0 Å². The lowest BCUT2D eigenvalue weighted by molar-refractivity contribution is -0.169. The maximum atomic E-state index is 9.59. The van der Waals surface area contributed by atoms with Gasteiger partial charge in [-0.05, 0) is 24.3 Å². The van der Waals surface area contributed by atoms with Crippen molar-refractivity contribution in [3.05, 3.63) is 11.8 Å². The number of hydrogen-bond donors (Lipinski definition) is 1. The summed E-state index contributed by atoms with van der Waals surface area (Å²) >= 11 is 0. The Hall–Kier alpha value is -0.870. The van der Waals surface area contributed by atoms with E-state index in [1.165, 1.54) is 39.2 Å². The molecule has 1 heterocycles. The molecule has 4 nitrogen and oxygen atoms in total. The van der Waals surface area contributed by atoms with Gasteiger partial charge in [0.15, 0.2) is 0 Å². The average molecular weight is 210 g/mol. The standard InChI is InChI=1S/C11H18N2O2/c1-15-11-12-7-10(8-13(11)14)9-5-3-2-4-6-9/h7-9,11,14H,2-6H2,1H3. The van der Waals surface area contributed by atoms with Crippen molar-refractivity contribution in [2.45, 2.75) is 38.5 Å². The van der Waals surface area contributed by atoms with E-state index in [2.05, 4.69) is 4.99 Å². The van der Waals surface area contributed by atoms with Gasteiger partial charge in [0.25, 0.3) is 0 Å². The zero-order valence-corrected chi connectivity index (χ0v) is 9.09. The molecule has 1 N–H and O–H groups in total. The average Bonchev–Trinajstić information content (AvgIpc) is 2.30. The molecule has 1 aliphatic heterocycles. The number of hydroxylamine groups is 2. The highest BCUT2D eigenvalue weighted by molar-refractivity contribution is 5.79. The van der Waals surface area contributed by atoms with Gasteiger partial charge in [-0.15, -0.1) is 0 Å². The summed E-state index contributed by atoms with van der Waals surface area (Å²) in [6.07, 6.45) is 9.35. The number of ether oxygens (including phenoxy) is 1. The second-order valence-electron chi connectivity index (χ2n) is 4.18. The molecule has 2 rings (SSSR count). The molecule has 1 fully saturated rings. The van der Waals surface area contributed by atoms with Gasteiger partial charge in [-0.1, -0.05) is 19.3 Å². The molecule has 1 aliphatic carbocycles. The number of aliphatic imine (C=N–C) groups is 1. The van der Waals surface area contributed by atoms with Crippen LogP contribution in [0.25, 0.3) is 0 Å². The van der Waals surface area contributed by atoms with Crippen LogP contribution in [-0.2, 0) is 4.74 Å². The summed E-state index contributed by atoms with van der Waals surface area (Å²) in [5.41, 5.74) is 1.13. The molecule has 0 aromatic carbocycles. The van der Waals surface area contributed by atoms with Crippen LogP contribution in [0.5, 0.6) is 0 Å². The smallest absolute Gasteiger partial charge is 0.249 e. The highest BCUT2D eigenvalue weighted by Crippen LogP contribution is 2.30. The third kappa shape index (κ3) is 2.38. The van der Waals surface area contributed by atoms with Crippen LogP contribution in [0.4, 0.5) is 0 Å². The van der Waals surface area contributed by atoms with E-state index in [4.69, 9.17) is 4.74 Å². The predicted molar refractivity (Wildman–Crippen MR) is 57.6 cm³/mol. The van der Waals surface area contributed by atoms with Crippen LogP contribution in [0.1, 0.15) is 32.1 Å². The van der Waals surface area contributed by atoms with E-state index in [0.29, 0.717) is 5.92 Å². The summed E-state index contributed by atoms with van der Waals surface area (Å²) in [4.78, 5) is 4.15. The largest absolute Gasteiger partial charge is 0.341 e. The highest BCUT2D eigenvalue weighted by Gasteiger charge is 2.22. The molecule has 1 atom stereocenters. The molecule has 0 radical (unpaired) electrons. The first-order valence-electron chi connectivity index (χ1n) is 5.56. The van der Waals surface area contributed by atoms with Gasteiger partial charge in [-0.3, -0.25) is 5.21 Å². The SMILES string of the molecule is COC1N=CC(C2CCCCC2)=CN1O. The Morgan fingerprint density at radius 2 is 2.13 bits per heavy atom. The van der Waals surface area contributed by atoms with E-state index in [1.807, 2.05) is 6.21 Å². The van der Waals surface area contributed by atoms with Crippen molar-refractivity contribution in [1.82, 2.24) is 5.06 Å². The third-order valence-electron chi connectivity index (χ3n) is 3.15. The van der Waals surface area contributed by atoms with Crippen molar-refractivity contribution >= 4 is 6.21 Å². The highest BCUT2D eigenvalue weighted by atomic mass is 16.6. The van der Waals surface area contributed by atoms with Crippen molar-refractivity contribution in [2.75, 3.05) is 7.11 Å². The summed E-state index contributed by atoms with van der Waals surface area (Å²) in [6, 6.07) is 0. The van der Waals surface area contributed by atoms with Crippen molar-refractivity contribution in [1.29, 1.82) is 0 Å². The summed E-state index contributed by atoms with van der Waals surface area (Å²) in [5.74, 6) is 0.565. The van der Waals surface area contributed by atoms with Crippen molar-refractivity contribution in [3.63, 3.8) is 0 Å². The van der Waals surface area contributed by atoms with Crippen LogP contribution in [0.15, 0.2) is 16.8 Å². The first-order valence-corrected chi connectivity index (χ1v) is 5.56. The maximum absolute atomic E-state index is 9.59. The molecule has 1 unspecified atom stereocenters. The Kier molecular flexibility index (Phi) is 3.38. The molecule has 0 aromatic heterocycles. The lowest BCUT2D eigenvalue weighted by Crippen LogP contribution is -2.32. The molecule has 1 saturated carbocycles. The molecule has 0 bridgehead atoms. The van der Waals surface area contributed by atoms with Crippen molar-refractivity contribution in [3.8, 4) is 0 Å². The van der Waals surface area contributed by atoms with Crippen LogP contribution < -0.4 is 0 Å². The van der Waals surface area contributed by atoms with Crippen LogP contribution >= 0.6 is 0 Å². The number of nitrogens with zero attached hydrogens (tertiary/aromatic N) is 2. The minimum Gasteiger partial charge on any atom is -0.341 e. The van der Waals surface area contributed by atoms with Crippen molar-refractivity contribution < 1.29 is 9.94 Å². The molecule has 2 aliphatic rings. The fourth-order valence-corrected chi connectivity index (χ4v) is 2.28. The Morgan fingerprint density at radius 1 is 1.40 bits per heavy atom. The molecule has 0 aromatic rings. The normalized spacial score (nSPS) is 28.0. The van der Waals surface area contributed by atoms with Gasteiger partial charge >= 0.3 is 0 Å². The summed E-state index contributed by atoms with van der Waals surface area (Å²) in [7, 11) is 1.53. The van der Waals surface area contributed by atoms with Crippen LogP contribution in [0, 0.1) is 5.92 Å². The molecular weight excluding hydrogens is 192 g/mol. The zero-order valence-electron chi connectivity index (χ0n) is 9.09. The van der Waals surface area contributed by atoms with E-state index < -0.39 is 6.35 Å². The fourth-order valence-electron chi connectivity index (χ4n) is 2.28.